The number of carboxylic acids is 1. The van der Waals surface area contributed by atoms with Crippen molar-refractivity contribution in [2.45, 2.75) is 39.8 Å². The molecule has 5 heteroatoms. The highest BCUT2D eigenvalue weighted by Crippen LogP contribution is 2.30. The molecular weight excluding hydrogens is 386 g/mol. The van der Waals surface area contributed by atoms with Crippen LogP contribution in [0.1, 0.15) is 42.5 Å². The van der Waals surface area contributed by atoms with Crippen molar-refractivity contribution < 1.29 is 9.90 Å². The van der Waals surface area contributed by atoms with Crippen molar-refractivity contribution in [3.63, 3.8) is 0 Å². The maximum Gasteiger partial charge on any atom is 0.337 e. The van der Waals surface area contributed by atoms with Crippen LogP contribution in [0, 0.1) is 6.92 Å². The molecule has 0 atom stereocenters. The SMILES string of the molecule is Cc1nc2c(C(=O)O)cc(-c3ccc(-c4ccccc4CNC(C)(C)C)cc3)cc2[nH]1. The minimum Gasteiger partial charge on any atom is -0.478 e. The average molecular weight is 414 g/mol. The molecule has 0 saturated heterocycles. The van der Waals surface area contributed by atoms with Crippen molar-refractivity contribution in [2.24, 2.45) is 0 Å². The molecule has 3 aromatic carbocycles. The summed E-state index contributed by atoms with van der Waals surface area (Å²) in [4.78, 5) is 19.2. The van der Waals surface area contributed by atoms with Gasteiger partial charge < -0.3 is 15.4 Å². The number of nitrogens with one attached hydrogen (secondary N) is 2. The maximum absolute atomic E-state index is 11.8. The molecule has 4 aromatic rings. The first-order chi connectivity index (χ1) is 14.7. The van der Waals surface area contributed by atoms with E-state index in [1.165, 1.54) is 11.1 Å². The summed E-state index contributed by atoms with van der Waals surface area (Å²) in [7, 11) is 0. The van der Waals surface area contributed by atoms with E-state index in [1.54, 1.807) is 6.07 Å². The molecule has 0 spiro atoms. The van der Waals surface area contributed by atoms with Gasteiger partial charge in [0.05, 0.1) is 11.1 Å². The Morgan fingerprint density at radius 1 is 1.00 bits per heavy atom. The number of carboxylic acid groups (broad SMARTS) is 1. The van der Waals surface area contributed by atoms with Crippen molar-refractivity contribution in [3.8, 4) is 22.3 Å². The molecule has 158 valence electrons. The summed E-state index contributed by atoms with van der Waals surface area (Å²) >= 11 is 0. The smallest absolute Gasteiger partial charge is 0.337 e. The first-order valence-corrected chi connectivity index (χ1v) is 10.4. The molecule has 0 bridgehead atoms. The Kier molecular flexibility index (Phi) is 5.38. The molecular formula is C26H27N3O2. The van der Waals surface area contributed by atoms with Gasteiger partial charge in [-0.1, -0.05) is 48.5 Å². The number of imidazole rings is 1. The van der Waals surface area contributed by atoms with Crippen molar-refractivity contribution >= 4 is 17.0 Å². The van der Waals surface area contributed by atoms with E-state index in [2.05, 4.69) is 72.5 Å². The molecule has 0 aliphatic rings. The predicted molar refractivity (Wildman–Crippen MR) is 125 cm³/mol. The average Bonchev–Trinajstić information content (AvgIpc) is 3.11. The van der Waals surface area contributed by atoms with Crippen LogP contribution in [0.15, 0.2) is 60.7 Å². The van der Waals surface area contributed by atoms with E-state index in [9.17, 15) is 9.90 Å². The number of fused-ring (bicyclic) bond motifs is 1. The van der Waals surface area contributed by atoms with Gasteiger partial charge in [-0.2, -0.15) is 0 Å². The zero-order chi connectivity index (χ0) is 22.2. The van der Waals surface area contributed by atoms with Crippen LogP contribution >= 0.6 is 0 Å². The van der Waals surface area contributed by atoms with Crippen LogP contribution in [0.3, 0.4) is 0 Å². The predicted octanol–water partition coefficient (Wildman–Crippen LogP) is 5.79. The van der Waals surface area contributed by atoms with Gasteiger partial charge in [0.2, 0.25) is 0 Å². The van der Waals surface area contributed by atoms with E-state index in [4.69, 9.17) is 0 Å². The highest BCUT2D eigenvalue weighted by Gasteiger charge is 2.15. The molecule has 5 nitrogen and oxygen atoms in total. The second-order valence-corrected chi connectivity index (χ2v) is 8.89. The second kappa shape index (κ2) is 8.00. The van der Waals surface area contributed by atoms with Gasteiger partial charge in [-0.25, -0.2) is 9.78 Å². The van der Waals surface area contributed by atoms with Crippen molar-refractivity contribution in [3.05, 3.63) is 77.6 Å². The number of hydrogen-bond acceptors (Lipinski definition) is 3. The molecule has 0 amide bonds. The largest absolute Gasteiger partial charge is 0.478 e. The summed E-state index contributed by atoms with van der Waals surface area (Å²) in [5, 5.41) is 13.2. The Labute approximate surface area is 182 Å². The molecule has 0 aliphatic heterocycles. The Balaban J connectivity index is 1.69. The van der Waals surface area contributed by atoms with Crippen LogP contribution in [0.5, 0.6) is 0 Å². The van der Waals surface area contributed by atoms with Gasteiger partial charge in [0.1, 0.15) is 11.3 Å². The van der Waals surface area contributed by atoms with E-state index in [1.807, 2.05) is 25.1 Å². The van der Waals surface area contributed by atoms with Crippen molar-refractivity contribution in [2.75, 3.05) is 0 Å². The fraction of sp³-hybridized carbons (Fsp3) is 0.231. The zero-order valence-electron chi connectivity index (χ0n) is 18.3. The summed E-state index contributed by atoms with van der Waals surface area (Å²) in [5.74, 6) is -0.277. The van der Waals surface area contributed by atoms with Crippen LogP contribution in [-0.4, -0.2) is 26.6 Å². The molecule has 31 heavy (non-hydrogen) atoms. The fourth-order valence-electron chi connectivity index (χ4n) is 3.73. The zero-order valence-corrected chi connectivity index (χ0v) is 18.3. The van der Waals surface area contributed by atoms with Gasteiger partial charge in [0, 0.05) is 12.1 Å². The van der Waals surface area contributed by atoms with E-state index in [-0.39, 0.29) is 11.1 Å². The van der Waals surface area contributed by atoms with E-state index >= 15 is 0 Å². The van der Waals surface area contributed by atoms with Crippen LogP contribution < -0.4 is 5.32 Å². The molecule has 0 aliphatic carbocycles. The summed E-state index contributed by atoms with van der Waals surface area (Å²) in [6.45, 7) is 9.10. The normalized spacial score (nSPS) is 11.7. The highest BCUT2D eigenvalue weighted by molar-refractivity contribution is 6.03. The lowest BCUT2D eigenvalue weighted by Crippen LogP contribution is -2.35. The van der Waals surface area contributed by atoms with Gasteiger partial charge >= 0.3 is 5.97 Å². The topological polar surface area (TPSA) is 78.0 Å². The molecule has 0 radical (unpaired) electrons. The van der Waals surface area contributed by atoms with Crippen LogP contribution in [0.25, 0.3) is 33.3 Å². The standard InChI is InChI=1S/C26H27N3O2/c1-16-28-23-14-20(13-22(25(30)31)24(23)29-16)17-9-11-18(12-10-17)21-8-6-5-7-19(21)15-27-26(2,3)4/h5-14,27H,15H2,1-4H3,(H,28,29)(H,30,31). The molecule has 3 N–H and O–H groups in total. The molecule has 1 heterocycles. The molecule has 0 saturated carbocycles. The number of aromatic amines is 1. The van der Waals surface area contributed by atoms with E-state index < -0.39 is 5.97 Å². The van der Waals surface area contributed by atoms with Gasteiger partial charge in [-0.15, -0.1) is 0 Å². The number of rotatable bonds is 5. The van der Waals surface area contributed by atoms with E-state index in [0.717, 1.165) is 28.8 Å². The maximum atomic E-state index is 11.8. The third kappa shape index (κ3) is 4.52. The fourth-order valence-corrected chi connectivity index (χ4v) is 3.73. The number of H-pyrrole nitrogens is 1. The number of benzene rings is 3. The number of aromatic carboxylic acids is 1. The van der Waals surface area contributed by atoms with Gasteiger partial charge in [-0.3, -0.25) is 0 Å². The van der Waals surface area contributed by atoms with Crippen molar-refractivity contribution in [1.29, 1.82) is 0 Å². The van der Waals surface area contributed by atoms with Gasteiger partial charge in [0.25, 0.3) is 0 Å². The van der Waals surface area contributed by atoms with Gasteiger partial charge in [0.15, 0.2) is 0 Å². The van der Waals surface area contributed by atoms with Crippen LogP contribution in [-0.2, 0) is 6.54 Å². The number of aromatic nitrogens is 2. The van der Waals surface area contributed by atoms with Crippen molar-refractivity contribution in [1.82, 2.24) is 15.3 Å². The third-order valence-electron chi connectivity index (χ3n) is 5.29. The minimum atomic E-state index is -0.977. The summed E-state index contributed by atoms with van der Waals surface area (Å²) in [5.41, 5.74) is 6.85. The minimum absolute atomic E-state index is 0.0441. The highest BCUT2D eigenvalue weighted by atomic mass is 16.4. The first-order valence-electron chi connectivity index (χ1n) is 10.4. The Bertz CT molecular complexity index is 1250. The number of aryl methyl sites for hydroxylation is 1. The van der Waals surface area contributed by atoms with Crippen LogP contribution in [0.2, 0.25) is 0 Å². The first kappa shape index (κ1) is 20.8. The van der Waals surface area contributed by atoms with Crippen LogP contribution in [0.4, 0.5) is 0 Å². The molecule has 4 rings (SSSR count). The lowest BCUT2D eigenvalue weighted by Gasteiger charge is -2.21. The molecule has 1 aromatic heterocycles. The molecule has 0 fully saturated rings. The monoisotopic (exact) mass is 413 g/mol. The number of hydrogen-bond donors (Lipinski definition) is 3. The Hall–Kier alpha value is -3.44. The van der Waals surface area contributed by atoms with E-state index in [0.29, 0.717) is 11.3 Å². The Morgan fingerprint density at radius 2 is 1.68 bits per heavy atom. The Morgan fingerprint density at radius 3 is 2.35 bits per heavy atom. The summed E-state index contributed by atoms with van der Waals surface area (Å²) in [6, 6.07) is 20.3. The summed E-state index contributed by atoms with van der Waals surface area (Å²) in [6.07, 6.45) is 0. The lowest BCUT2D eigenvalue weighted by atomic mass is 9.95. The van der Waals surface area contributed by atoms with Gasteiger partial charge in [-0.05, 0) is 67.6 Å². The summed E-state index contributed by atoms with van der Waals surface area (Å²) < 4.78 is 0. The quantitative estimate of drug-likeness (QED) is 0.387. The third-order valence-corrected chi connectivity index (χ3v) is 5.29. The number of nitrogens with zero attached hydrogens (tertiary/aromatic N) is 1. The lowest BCUT2D eigenvalue weighted by molar-refractivity contribution is 0.0699. The molecule has 0 unspecified atom stereocenters. The second-order valence-electron chi connectivity index (χ2n) is 8.89. The number of carbonyl (C=O) groups is 1.